The van der Waals surface area contributed by atoms with Crippen molar-refractivity contribution < 1.29 is 8.83 Å². The van der Waals surface area contributed by atoms with E-state index in [-0.39, 0.29) is 0 Å². The van der Waals surface area contributed by atoms with E-state index in [1.165, 1.54) is 0 Å². The van der Waals surface area contributed by atoms with Gasteiger partial charge in [0.15, 0.2) is 11.6 Å². The lowest BCUT2D eigenvalue weighted by Gasteiger charge is -2.24. The van der Waals surface area contributed by atoms with Gasteiger partial charge in [0, 0.05) is 38.5 Å². The molecule has 0 spiro atoms. The number of nitrogens with zero attached hydrogens (tertiary/aromatic N) is 4. The number of hydrogen-bond donors (Lipinski definition) is 0. The van der Waals surface area contributed by atoms with Gasteiger partial charge in [0.25, 0.3) is 0 Å². The van der Waals surface area contributed by atoms with Gasteiger partial charge < -0.3 is 8.83 Å². The van der Waals surface area contributed by atoms with E-state index in [0.717, 1.165) is 77.5 Å². The Balaban J connectivity index is 1.24. The molecule has 0 saturated carbocycles. The fourth-order valence-corrected chi connectivity index (χ4v) is 6.91. The Morgan fingerprint density at radius 3 is 1.76 bits per heavy atom. The van der Waals surface area contributed by atoms with Crippen LogP contribution in [0.2, 0.25) is 0 Å². The fourth-order valence-electron chi connectivity index (χ4n) is 6.91. The molecule has 0 aliphatic heterocycles. The quantitative estimate of drug-likeness (QED) is 0.177. The van der Waals surface area contributed by atoms with Gasteiger partial charge in [-0.25, -0.2) is 4.98 Å². The van der Waals surface area contributed by atoms with E-state index in [2.05, 4.69) is 83.8 Å². The van der Waals surface area contributed by atoms with Gasteiger partial charge in [-0.2, -0.15) is 9.97 Å². The van der Waals surface area contributed by atoms with E-state index >= 15 is 0 Å². The van der Waals surface area contributed by atoms with E-state index < -0.39 is 0 Å². The maximum atomic E-state index is 6.47. The van der Waals surface area contributed by atoms with Gasteiger partial charge in [-0.1, -0.05) is 121 Å². The van der Waals surface area contributed by atoms with Crippen molar-refractivity contribution in [2.45, 2.75) is 0 Å². The van der Waals surface area contributed by atoms with Gasteiger partial charge in [-0.3, -0.25) is 4.90 Å². The topological polar surface area (TPSA) is 68.2 Å². The van der Waals surface area contributed by atoms with Crippen molar-refractivity contribution in [1.29, 1.82) is 0 Å². The average molecular weight is 657 g/mol. The standard InChI is InChI=1S/C45H28N4O2/c1-3-13-29(14-4-1)31-17-11-18-32(27-31)49(33-25-26-41-38(28-33)35-20-8-9-23-39(35)50-41)45-47-43(30-15-5-2-6-16-30)46-44(48-45)37-22-12-21-36-34-19-7-10-24-40(34)51-42(36)37/h1-28H. The smallest absolute Gasteiger partial charge is 0.238 e. The minimum atomic E-state index is 0.476. The molecule has 0 N–H and O–H groups in total. The van der Waals surface area contributed by atoms with Crippen LogP contribution in [0.25, 0.3) is 77.8 Å². The van der Waals surface area contributed by atoms with Crippen molar-refractivity contribution >= 4 is 61.2 Å². The van der Waals surface area contributed by atoms with E-state index in [0.29, 0.717) is 17.6 Å². The highest BCUT2D eigenvalue weighted by Gasteiger charge is 2.23. The number of aromatic nitrogens is 3. The lowest BCUT2D eigenvalue weighted by atomic mass is 10.0. The Kier molecular flexibility index (Phi) is 6.70. The van der Waals surface area contributed by atoms with Crippen LogP contribution in [0.3, 0.4) is 0 Å². The highest BCUT2D eigenvalue weighted by atomic mass is 16.3. The summed E-state index contributed by atoms with van der Waals surface area (Å²) in [5.74, 6) is 1.55. The van der Waals surface area contributed by atoms with Crippen molar-refractivity contribution in [2.24, 2.45) is 0 Å². The van der Waals surface area contributed by atoms with E-state index in [9.17, 15) is 0 Å². The molecule has 10 rings (SSSR count). The summed E-state index contributed by atoms with van der Waals surface area (Å²) in [5.41, 5.74) is 8.87. The first-order valence-electron chi connectivity index (χ1n) is 16.9. The van der Waals surface area contributed by atoms with Crippen molar-refractivity contribution in [1.82, 2.24) is 15.0 Å². The molecule has 0 atom stereocenters. The highest BCUT2D eigenvalue weighted by Crippen LogP contribution is 2.41. The summed E-state index contributed by atoms with van der Waals surface area (Å²) in [4.78, 5) is 17.6. The molecule has 10 aromatic rings. The van der Waals surface area contributed by atoms with Crippen molar-refractivity contribution in [3.8, 4) is 33.9 Å². The average Bonchev–Trinajstić information content (AvgIpc) is 3.77. The summed E-state index contributed by atoms with van der Waals surface area (Å²) in [5, 5.41) is 4.12. The largest absolute Gasteiger partial charge is 0.456 e. The maximum Gasteiger partial charge on any atom is 0.238 e. The summed E-state index contributed by atoms with van der Waals surface area (Å²) in [6.45, 7) is 0. The first-order chi connectivity index (χ1) is 25.3. The number of fused-ring (bicyclic) bond motifs is 6. The van der Waals surface area contributed by atoms with Crippen LogP contribution < -0.4 is 4.90 Å². The van der Waals surface area contributed by atoms with Crippen LogP contribution in [-0.4, -0.2) is 15.0 Å². The third kappa shape index (κ3) is 5.01. The molecule has 0 bridgehead atoms. The maximum absolute atomic E-state index is 6.47. The van der Waals surface area contributed by atoms with Crippen LogP contribution in [0.15, 0.2) is 179 Å². The lowest BCUT2D eigenvalue weighted by molar-refractivity contribution is 0.668. The van der Waals surface area contributed by atoms with E-state index in [1.54, 1.807) is 0 Å². The van der Waals surface area contributed by atoms with Crippen LogP contribution in [0.5, 0.6) is 0 Å². The summed E-state index contributed by atoms with van der Waals surface area (Å²) in [6.07, 6.45) is 0. The molecule has 0 saturated heterocycles. The molecule has 3 heterocycles. The lowest BCUT2D eigenvalue weighted by Crippen LogP contribution is -2.15. The fraction of sp³-hybridized carbons (Fsp3) is 0. The zero-order valence-electron chi connectivity index (χ0n) is 27.3. The van der Waals surface area contributed by atoms with Crippen molar-refractivity contribution in [3.63, 3.8) is 0 Å². The monoisotopic (exact) mass is 656 g/mol. The van der Waals surface area contributed by atoms with Crippen LogP contribution in [0.4, 0.5) is 17.3 Å². The molecule has 0 aliphatic rings. The Morgan fingerprint density at radius 2 is 0.961 bits per heavy atom. The molecule has 240 valence electrons. The summed E-state index contributed by atoms with van der Waals surface area (Å²) in [7, 11) is 0. The number of hydrogen-bond acceptors (Lipinski definition) is 6. The highest BCUT2D eigenvalue weighted by molar-refractivity contribution is 6.09. The second kappa shape index (κ2) is 11.8. The summed E-state index contributed by atoms with van der Waals surface area (Å²) in [6, 6.07) is 57.5. The summed E-state index contributed by atoms with van der Waals surface area (Å²) >= 11 is 0. The molecule has 6 heteroatoms. The van der Waals surface area contributed by atoms with Crippen molar-refractivity contribution in [2.75, 3.05) is 4.90 Å². The van der Waals surface area contributed by atoms with E-state index in [4.69, 9.17) is 23.8 Å². The molecule has 0 radical (unpaired) electrons. The molecule has 0 fully saturated rings. The second-order valence-electron chi connectivity index (χ2n) is 12.5. The number of furan rings is 2. The molecule has 0 unspecified atom stereocenters. The van der Waals surface area contributed by atoms with Gasteiger partial charge >= 0.3 is 0 Å². The number of para-hydroxylation sites is 3. The third-order valence-corrected chi connectivity index (χ3v) is 9.33. The third-order valence-electron chi connectivity index (χ3n) is 9.33. The number of benzene rings is 7. The first kappa shape index (κ1) is 28.9. The van der Waals surface area contributed by atoms with Gasteiger partial charge in [-0.05, 0) is 59.7 Å². The van der Waals surface area contributed by atoms with Crippen LogP contribution >= 0.6 is 0 Å². The van der Waals surface area contributed by atoms with Crippen LogP contribution in [0.1, 0.15) is 0 Å². The second-order valence-corrected chi connectivity index (χ2v) is 12.5. The predicted molar refractivity (Wildman–Crippen MR) is 205 cm³/mol. The molecule has 51 heavy (non-hydrogen) atoms. The molecule has 7 aromatic carbocycles. The van der Waals surface area contributed by atoms with Crippen LogP contribution in [-0.2, 0) is 0 Å². The molecular formula is C45H28N4O2. The minimum Gasteiger partial charge on any atom is -0.456 e. The minimum absolute atomic E-state index is 0.476. The summed E-state index contributed by atoms with van der Waals surface area (Å²) < 4.78 is 12.7. The Morgan fingerprint density at radius 1 is 0.373 bits per heavy atom. The molecule has 3 aromatic heterocycles. The van der Waals surface area contributed by atoms with Crippen molar-refractivity contribution in [3.05, 3.63) is 170 Å². The zero-order valence-corrected chi connectivity index (χ0v) is 27.3. The van der Waals surface area contributed by atoms with Gasteiger partial charge in [-0.15, -0.1) is 0 Å². The van der Waals surface area contributed by atoms with Crippen LogP contribution in [0, 0.1) is 0 Å². The Bertz CT molecular complexity index is 2880. The predicted octanol–water partition coefficient (Wildman–Crippen LogP) is 12.1. The molecule has 0 amide bonds. The number of rotatable bonds is 6. The SMILES string of the molecule is c1ccc(-c2cccc(N(c3ccc4oc5ccccc5c4c3)c3nc(-c4ccccc4)nc(-c4cccc5c4oc4ccccc45)n3)c2)cc1. The molecule has 0 aliphatic carbocycles. The Hall–Kier alpha value is -7.05. The zero-order chi connectivity index (χ0) is 33.7. The molecule has 6 nitrogen and oxygen atoms in total. The van der Waals surface area contributed by atoms with Gasteiger partial charge in [0.05, 0.1) is 5.56 Å². The first-order valence-corrected chi connectivity index (χ1v) is 16.9. The Labute approximate surface area is 292 Å². The normalized spacial score (nSPS) is 11.5. The van der Waals surface area contributed by atoms with Gasteiger partial charge in [0.2, 0.25) is 5.95 Å². The van der Waals surface area contributed by atoms with E-state index in [1.807, 2.05) is 91.0 Å². The van der Waals surface area contributed by atoms with Gasteiger partial charge in [0.1, 0.15) is 22.3 Å². The number of anilines is 3. The molecular weight excluding hydrogens is 629 g/mol.